The van der Waals surface area contributed by atoms with Gasteiger partial charge in [-0.1, -0.05) is 54.6 Å². The van der Waals surface area contributed by atoms with E-state index in [4.69, 9.17) is 0 Å². The van der Waals surface area contributed by atoms with Crippen LogP contribution in [-0.2, 0) is 11.0 Å². The van der Waals surface area contributed by atoms with E-state index < -0.39 is 0 Å². The van der Waals surface area contributed by atoms with Crippen molar-refractivity contribution in [3.63, 3.8) is 0 Å². The van der Waals surface area contributed by atoms with Crippen molar-refractivity contribution >= 4 is 22.2 Å². The van der Waals surface area contributed by atoms with E-state index in [0.29, 0.717) is 0 Å². The van der Waals surface area contributed by atoms with Crippen LogP contribution in [0.4, 0.5) is 0 Å². The van der Waals surface area contributed by atoms with Crippen molar-refractivity contribution in [2.75, 3.05) is 14.1 Å². The summed E-state index contributed by atoms with van der Waals surface area (Å²) in [6, 6.07) is 24.4. The molecule has 0 unspecified atom stereocenters. The average Bonchev–Trinajstić information content (AvgIpc) is 3.44. The van der Waals surface area contributed by atoms with Crippen molar-refractivity contribution in [3.8, 4) is 0 Å². The van der Waals surface area contributed by atoms with E-state index in [2.05, 4.69) is 103 Å². The molecule has 0 spiro atoms. The highest BCUT2D eigenvalue weighted by Crippen LogP contribution is 2.54. The van der Waals surface area contributed by atoms with Gasteiger partial charge in [0.2, 0.25) is 0 Å². The third-order valence-electron chi connectivity index (χ3n) is 7.54. The first-order chi connectivity index (χ1) is 14.6. The Labute approximate surface area is 183 Å². The smallest absolute Gasteiger partial charge is 0.0459 e. The molecule has 30 heavy (non-hydrogen) atoms. The highest BCUT2D eigenvalue weighted by molar-refractivity contribution is 7.10. The number of aromatic amines is 1. The van der Waals surface area contributed by atoms with Crippen LogP contribution in [0.25, 0.3) is 10.9 Å². The summed E-state index contributed by atoms with van der Waals surface area (Å²) >= 11 is 1.91. The summed E-state index contributed by atoms with van der Waals surface area (Å²) in [6.07, 6.45) is 4.59. The van der Waals surface area contributed by atoms with Gasteiger partial charge in [0.15, 0.2) is 0 Å². The zero-order chi connectivity index (χ0) is 20.8. The van der Waals surface area contributed by atoms with Crippen molar-refractivity contribution in [1.82, 2.24) is 9.88 Å². The number of H-pyrrole nitrogens is 1. The van der Waals surface area contributed by atoms with Crippen molar-refractivity contribution in [2.45, 2.75) is 43.6 Å². The Morgan fingerprint density at radius 1 is 0.833 bits per heavy atom. The lowest BCUT2D eigenvalue weighted by atomic mass is 9.62. The fraction of sp³-hybridized carbons (Fsp3) is 0.333. The number of para-hydroxylation sites is 1. The van der Waals surface area contributed by atoms with Gasteiger partial charge in [-0.15, -0.1) is 11.3 Å². The number of aromatic nitrogens is 1. The Morgan fingerprint density at radius 3 is 2.17 bits per heavy atom. The SMILES string of the molecule is Cc1c(C2(c3cccs3)CCC(c3ccccc3)(N(C)C)CC2)[nH]c2ccccc12. The lowest BCUT2D eigenvalue weighted by molar-refractivity contribution is 0.0745. The van der Waals surface area contributed by atoms with Gasteiger partial charge in [-0.05, 0) is 75.3 Å². The minimum absolute atomic E-state index is 0.0611. The van der Waals surface area contributed by atoms with Crippen molar-refractivity contribution in [3.05, 3.63) is 93.8 Å². The molecule has 5 rings (SSSR count). The second-order valence-corrected chi connectivity index (χ2v) is 9.97. The van der Waals surface area contributed by atoms with Crippen LogP contribution >= 0.6 is 11.3 Å². The molecule has 4 aromatic rings. The van der Waals surface area contributed by atoms with Crippen LogP contribution < -0.4 is 0 Å². The van der Waals surface area contributed by atoms with Gasteiger partial charge in [0, 0.05) is 32.4 Å². The van der Waals surface area contributed by atoms with Gasteiger partial charge in [-0.25, -0.2) is 0 Å². The number of aryl methyl sites for hydroxylation is 1. The van der Waals surface area contributed by atoms with Gasteiger partial charge >= 0.3 is 0 Å². The molecular formula is C27H30N2S. The number of benzene rings is 2. The Bertz CT molecular complexity index is 1130. The third kappa shape index (κ3) is 2.87. The first kappa shape index (κ1) is 19.6. The predicted molar refractivity (Wildman–Crippen MR) is 128 cm³/mol. The first-order valence-electron chi connectivity index (χ1n) is 10.9. The number of nitrogens with one attached hydrogen (secondary N) is 1. The fourth-order valence-electron chi connectivity index (χ4n) is 5.76. The highest BCUT2D eigenvalue weighted by Gasteiger charge is 2.48. The molecule has 2 heterocycles. The summed E-state index contributed by atoms with van der Waals surface area (Å²) in [7, 11) is 4.50. The summed E-state index contributed by atoms with van der Waals surface area (Å²) < 4.78 is 0. The molecule has 0 aliphatic heterocycles. The first-order valence-corrected chi connectivity index (χ1v) is 11.8. The summed E-state index contributed by atoms with van der Waals surface area (Å²) in [5.74, 6) is 0. The number of fused-ring (bicyclic) bond motifs is 1. The molecule has 1 N–H and O–H groups in total. The predicted octanol–water partition coefficient (Wildman–Crippen LogP) is 6.86. The number of hydrogen-bond donors (Lipinski definition) is 1. The molecule has 1 fully saturated rings. The van der Waals surface area contributed by atoms with E-state index in [0.717, 1.165) is 25.7 Å². The summed E-state index contributed by atoms with van der Waals surface area (Å²) in [4.78, 5) is 7.81. The molecule has 1 aliphatic carbocycles. The molecule has 1 saturated carbocycles. The lowest BCUT2D eigenvalue weighted by Gasteiger charge is -2.50. The molecule has 2 nitrogen and oxygen atoms in total. The monoisotopic (exact) mass is 414 g/mol. The summed E-state index contributed by atoms with van der Waals surface area (Å²) in [5, 5.41) is 3.59. The molecule has 0 atom stereocenters. The standard InChI is InChI=1S/C27H30N2S/c1-20-22-12-7-8-13-23(22)28-25(20)26(24-14-9-19-30-24)15-17-27(18-16-26,29(2)3)21-10-5-4-6-11-21/h4-14,19,28H,15-18H2,1-3H3. The normalized spacial score (nSPS) is 24.5. The minimum Gasteiger partial charge on any atom is -0.357 e. The van der Waals surface area contributed by atoms with E-state index in [-0.39, 0.29) is 11.0 Å². The van der Waals surface area contributed by atoms with Crippen molar-refractivity contribution < 1.29 is 0 Å². The molecule has 3 heteroatoms. The van der Waals surface area contributed by atoms with Crippen LogP contribution in [-0.4, -0.2) is 24.0 Å². The maximum absolute atomic E-state index is 3.85. The molecule has 0 radical (unpaired) electrons. The van der Waals surface area contributed by atoms with E-state index in [1.807, 2.05) is 11.3 Å². The van der Waals surface area contributed by atoms with Crippen LogP contribution in [0.2, 0.25) is 0 Å². The van der Waals surface area contributed by atoms with Gasteiger partial charge in [0.25, 0.3) is 0 Å². The van der Waals surface area contributed by atoms with E-state index in [1.54, 1.807) is 0 Å². The molecule has 2 aromatic heterocycles. The van der Waals surface area contributed by atoms with Crippen molar-refractivity contribution in [1.29, 1.82) is 0 Å². The molecule has 0 saturated heterocycles. The topological polar surface area (TPSA) is 19.0 Å². The maximum atomic E-state index is 3.85. The Hall–Kier alpha value is -2.36. The number of nitrogens with zero attached hydrogens (tertiary/aromatic N) is 1. The van der Waals surface area contributed by atoms with Crippen molar-refractivity contribution in [2.24, 2.45) is 0 Å². The number of hydrogen-bond acceptors (Lipinski definition) is 2. The van der Waals surface area contributed by atoms with Gasteiger partial charge < -0.3 is 4.98 Å². The maximum Gasteiger partial charge on any atom is 0.0459 e. The lowest BCUT2D eigenvalue weighted by Crippen LogP contribution is -2.48. The zero-order valence-electron chi connectivity index (χ0n) is 18.1. The van der Waals surface area contributed by atoms with E-state index in [1.165, 1.54) is 32.6 Å². The summed E-state index contributed by atoms with van der Waals surface area (Å²) in [5.41, 5.74) is 5.70. The quantitative estimate of drug-likeness (QED) is 0.387. The van der Waals surface area contributed by atoms with Gasteiger partial charge in [-0.2, -0.15) is 0 Å². The number of rotatable bonds is 4. The van der Waals surface area contributed by atoms with Gasteiger partial charge in [-0.3, -0.25) is 4.90 Å². The van der Waals surface area contributed by atoms with Gasteiger partial charge in [0.1, 0.15) is 0 Å². The van der Waals surface area contributed by atoms with Crippen LogP contribution in [0.15, 0.2) is 72.1 Å². The fourth-order valence-corrected chi connectivity index (χ4v) is 6.76. The van der Waals surface area contributed by atoms with E-state index >= 15 is 0 Å². The average molecular weight is 415 g/mol. The van der Waals surface area contributed by atoms with Gasteiger partial charge in [0.05, 0.1) is 0 Å². The molecule has 0 bridgehead atoms. The Kier molecular flexibility index (Phi) is 4.83. The zero-order valence-corrected chi connectivity index (χ0v) is 18.9. The number of thiophene rings is 1. The van der Waals surface area contributed by atoms with Crippen LogP contribution in [0, 0.1) is 6.92 Å². The Morgan fingerprint density at radius 2 is 1.53 bits per heavy atom. The molecule has 154 valence electrons. The molecular weight excluding hydrogens is 384 g/mol. The minimum atomic E-state index is 0.0611. The second-order valence-electron chi connectivity index (χ2n) is 9.02. The van der Waals surface area contributed by atoms with Crippen LogP contribution in [0.3, 0.4) is 0 Å². The second kappa shape index (κ2) is 7.40. The Balaban J connectivity index is 1.62. The van der Waals surface area contributed by atoms with Crippen LogP contribution in [0.5, 0.6) is 0 Å². The molecule has 2 aromatic carbocycles. The summed E-state index contributed by atoms with van der Waals surface area (Å²) in [6.45, 7) is 2.30. The third-order valence-corrected chi connectivity index (χ3v) is 8.61. The largest absolute Gasteiger partial charge is 0.357 e. The highest BCUT2D eigenvalue weighted by atomic mass is 32.1. The van der Waals surface area contributed by atoms with Crippen LogP contribution in [0.1, 0.15) is 47.4 Å². The molecule has 1 aliphatic rings. The molecule has 0 amide bonds. The van der Waals surface area contributed by atoms with E-state index in [9.17, 15) is 0 Å².